The van der Waals surface area contributed by atoms with Crippen molar-refractivity contribution in [2.24, 2.45) is 5.92 Å². The van der Waals surface area contributed by atoms with Crippen molar-refractivity contribution in [3.63, 3.8) is 0 Å². The number of amides is 1. The summed E-state index contributed by atoms with van der Waals surface area (Å²) in [6.45, 7) is 3.69. The molecule has 1 aromatic heterocycles. The van der Waals surface area contributed by atoms with Crippen LogP contribution in [0.25, 0.3) is 0 Å². The van der Waals surface area contributed by atoms with Crippen molar-refractivity contribution in [3.8, 4) is 0 Å². The monoisotopic (exact) mass is 395 g/mol. The maximum absolute atomic E-state index is 13.1. The third kappa shape index (κ3) is 4.24. The van der Waals surface area contributed by atoms with Gasteiger partial charge >= 0.3 is 5.97 Å². The second kappa shape index (κ2) is 7.76. The lowest BCUT2D eigenvalue weighted by atomic mass is 9.90. The average Bonchev–Trinajstić information content (AvgIpc) is 3.00. The predicted octanol–water partition coefficient (Wildman–Crippen LogP) is 4.85. The number of esters is 1. The number of rotatable bonds is 4. The predicted molar refractivity (Wildman–Crippen MR) is 100 cm³/mol. The highest BCUT2D eigenvalue weighted by molar-refractivity contribution is 7.14. The van der Waals surface area contributed by atoms with Crippen molar-refractivity contribution < 1.29 is 18.7 Å². The topological polar surface area (TPSA) is 55.4 Å². The molecule has 0 spiro atoms. The summed E-state index contributed by atoms with van der Waals surface area (Å²) in [6.07, 6.45) is 2.08. The van der Waals surface area contributed by atoms with E-state index in [0.717, 1.165) is 25.3 Å². The Kier molecular flexibility index (Phi) is 5.63. The summed E-state index contributed by atoms with van der Waals surface area (Å²) in [5.74, 6) is -0.915. The van der Waals surface area contributed by atoms with Gasteiger partial charge in [0.2, 0.25) is 0 Å². The van der Waals surface area contributed by atoms with Crippen LogP contribution in [0.1, 0.15) is 40.4 Å². The number of thiophene rings is 1. The Balaban J connectivity index is 1.62. The Labute approximate surface area is 160 Å². The molecule has 1 amide bonds. The average molecular weight is 396 g/mol. The minimum Gasteiger partial charge on any atom is -0.448 e. The molecule has 0 unspecified atom stereocenters. The zero-order chi connectivity index (χ0) is 18.8. The molecule has 0 saturated heterocycles. The van der Waals surface area contributed by atoms with Gasteiger partial charge in [0.25, 0.3) is 5.91 Å². The number of ether oxygens (including phenoxy) is 1. The van der Waals surface area contributed by atoms with E-state index in [0.29, 0.717) is 10.8 Å². The van der Waals surface area contributed by atoms with Gasteiger partial charge < -0.3 is 10.1 Å². The van der Waals surface area contributed by atoms with Gasteiger partial charge in [-0.1, -0.05) is 18.5 Å². The molecule has 0 saturated carbocycles. The number of anilines is 1. The van der Waals surface area contributed by atoms with E-state index in [1.165, 1.54) is 40.8 Å². The molecule has 4 nitrogen and oxygen atoms in total. The Morgan fingerprint density at radius 1 is 1.38 bits per heavy atom. The Hall–Kier alpha value is -1.92. The van der Waals surface area contributed by atoms with Gasteiger partial charge in [-0.05, 0) is 61.9 Å². The Morgan fingerprint density at radius 3 is 2.88 bits per heavy atom. The molecule has 0 aliphatic heterocycles. The molecule has 26 heavy (non-hydrogen) atoms. The van der Waals surface area contributed by atoms with Gasteiger partial charge in [-0.25, -0.2) is 9.18 Å². The van der Waals surface area contributed by atoms with E-state index in [-0.39, 0.29) is 10.7 Å². The fraction of sp³-hybridized carbons (Fsp3) is 0.368. The van der Waals surface area contributed by atoms with Crippen molar-refractivity contribution in [2.75, 3.05) is 5.32 Å². The van der Waals surface area contributed by atoms with Crippen LogP contribution in [-0.4, -0.2) is 18.0 Å². The highest BCUT2D eigenvalue weighted by Gasteiger charge is 2.24. The number of carbonyl (C=O) groups is 2. The minimum atomic E-state index is -0.998. The first-order valence-corrected chi connectivity index (χ1v) is 9.61. The standard InChI is InChI=1S/C19H19ClFNO3S/c1-10-3-6-16-12(7-10)8-17(26-16)19(24)25-11(2)18(23)22-15-5-4-13(21)9-14(15)20/h4-5,8-11H,3,6-7H2,1-2H3,(H,22,23)/t10-,11-/m1/s1. The normalized spacial score (nSPS) is 17.3. The van der Waals surface area contributed by atoms with Crippen molar-refractivity contribution in [1.29, 1.82) is 0 Å². The fourth-order valence-corrected chi connectivity index (χ4v) is 4.21. The van der Waals surface area contributed by atoms with Crippen LogP contribution >= 0.6 is 22.9 Å². The first kappa shape index (κ1) is 18.9. The molecule has 7 heteroatoms. The van der Waals surface area contributed by atoms with Crippen LogP contribution in [-0.2, 0) is 22.4 Å². The molecule has 0 radical (unpaired) electrons. The molecule has 138 valence electrons. The third-order valence-electron chi connectivity index (χ3n) is 4.37. The van der Waals surface area contributed by atoms with Gasteiger partial charge in [-0.3, -0.25) is 4.79 Å². The lowest BCUT2D eigenvalue weighted by Gasteiger charge is -2.16. The fourth-order valence-electron chi connectivity index (χ4n) is 2.90. The number of benzene rings is 1. The van der Waals surface area contributed by atoms with E-state index in [1.54, 1.807) is 0 Å². The Bertz CT molecular complexity index is 851. The molecule has 1 aromatic carbocycles. The van der Waals surface area contributed by atoms with Crippen LogP contribution in [0.3, 0.4) is 0 Å². The molecule has 1 N–H and O–H groups in total. The second-order valence-corrected chi connectivity index (χ2v) is 8.11. The first-order chi connectivity index (χ1) is 12.3. The van der Waals surface area contributed by atoms with Gasteiger partial charge in [0.05, 0.1) is 10.7 Å². The quantitative estimate of drug-likeness (QED) is 0.753. The zero-order valence-electron chi connectivity index (χ0n) is 14.5. The largest absolute Gasteiger partial charge is 0.448 e. The van der Waals surface area contributed by atoms with E-state index in [4.69, 9.17) is 16.3 Å². The maximum Gasteiger partial charge on any atom is 0.349 e. The molecular weight excluding hydrogens is 377 g/mol. The molecule has 1 aliphatic rings. The smallest absolute Gasteiger partial charge is 0.349 e. The summed E-state index contributed by atoms with van der Waals surface area (Å²) >= 11 is 7.33. The van der Waals surface area contributed by atoms with Crippen molar-refractivity contribution in [2.45, 2.75) is 39.2 Å². The summed E-state index contributed by atoms with van der Waals surface area (Å²) in [5.41, 5.74) is 1.47. The van der Waals surface area contributed by atoms with Gasteiger partial charge in [-0.15, -0.1) is 11.3 Å². The van der Waals surface area contributed by atoms with E-state index in [1.807, 2.05) is 6.07 Å². The van der Waals surface area contributed by atoms with Gasteiger partial charge in [0.1, 0.15) is 10.7 Å². The van der Waals surface area contributed by atoms with Gasteiger partial charge in [0.15, 0.2) is 6.10 Å². The van der Waals surface area contributed by atoms with Crippen LogP contribution in [0.5, 0.6) is 0 Å². The molecule has 0 fully saturated rings. The second-order valence-electron chi connectivity index (χ2n) is 6.57. The molecule has 1 heterocycles. The minimum absolute atomic E-state index is 0.0805. The highest BCUT2D eigenvalue weighted by Crippen LogP contribution is 2.32. The molecule has 3 rings (SSSR count). The van der Waals surface area contributed by atoms with Crippen LogP contribution < -0.4 is 5.32 Å². The maximum atomic E-state index is 13.1. The Morgan fingerprint density at radius 2 is 2.15 bits per heavy atom. The number of hydrogen-bond acceptors (Lipinski definition) is 4. The lowest BCUT2D eigenvalue weighted by molar-refractivity contribution is -0.123. The van der Waals surface area contributed by atoms with Gasteiger partial charge in [0, 0.05) is 4.88 Å². The molecule has 0 bridgehead atoms. The van der Waals surface area contributed by atoms with Crippen LogP contribution in [0.15, 0.2) is 24.3 Å². The van der Waals surface area contributed by atoms with Crippen LogP contribution in [0.2, 0.25) is 5.02 Å². The number of fused-ring (bicyclic) bond motifs is 1. The summed E-state index contributed by atoms with van der Waals surface area (Å²) in [6, 6.07) is 5.53. The number of halogens is 2. The first-order valence-electron chi connectivity index (χ1n) is 8.42. The summed E-state index contributed by atoms with van der Waals surface area (Å²) in [4.78, 5) is 26.3. The van der Waals surface area contributed by atoms with E-state index < -0.39 is 23.8 Å². The van der Waals surface area contributed by atoms with Crippen molar-refractivity contribution in [1.82, 2.24) is 0 Å². The summed E-state index contributed by atoms with van der Waals surface area (Å²) < 4.78 is 18.3. The molecule has 1 aliphatic carbocycles. The van der Waals surface area contributed by atoms with Crippen LogP contribution in [0.4, 0.5) is 10.1 Å². The summed E-state index contributed by atoms with van der Waals surface area (Å²) in [7, 11) is 0. The highest BCUT2D eigenvalue weighted by atomic mass is 35.5. The number of hydrogen-bond donors (Lipinski definition) is 1. The molecular formula is C19H19ClFNO3S. The van der Waals surface area contributed by atoms with Crippen molar-refractivity contribution in [3.05, 3.63) is 50.4 Å². The summed E-state index contributed by atoms with van der Waals surface area (Å²) in [5, 5.41) is 2.62. The number of carbonyl (C=O) groups excluding carboxylic acids is 2. The SMILES string of the molecule is C[C@@H]1CCc2sc(C(=O)O[C@H](C)C(=O)Nc3ccc(F)cc3Cl)cc2C1. The molecule has 2 aromatic rings. The molecule has 2 atom stereocenters. The van der Waals surface area contributed by atoms with Crippen molar-refractivity contribution >= 4 is 40.5 Å². The van der Waals surface area contributed by atoms with E-state index in [2.05, 4.69) is 12.2 Å². The van der Waals surface area contributed by atoms with Gasteiger partial charge in [-0.2, -0.15) is 0 Å². The number of nitrogens with one attached hydrogen (secondary N) is 1. The van der Waals surface area contributed by atoms with E-state index >= 15 is 0 Å². The van der Waals surface area contributed by atoms with E-state index in [9.17, 15) is 14.0 Å². The third-order valence-corrected chi connectivity index (χ3v) is 5.90. The lowest BCUT2D eigenvalue weighted by Crippen LogP contribution is -2.29. The van der Waals surface area contributed by atoms with Crippen LogP contribution in [0, 0.1) is 11.7 Å². The number of aryl methyl sites for hydroxylation is 1. The zero-order valence-corrected chi connectivity index (χ0v) is 16.0.